The van der Waals surface area contributed by atoms with Crippen molar-refractivity contribution in [1.82, 2.24) is 5.32 Å². The molecular formula is C21H18F3N3O4S. The Balaban J connectivity index is 1.77. The Labute approximate surface area is 185 Å². The molecule has 3 rings (SSSR count). The molecule has 0 radical (unpaired) electrons. The minimum absolute atomic E-state index is 0.0249. The van der Waals surface area contributed by atoms with Gasteiger partial charge >= 0.3 is 12.1 Å². The summed E-state index contributed by atoms with van der Waals surface area (Å²) in [5.74, 6) is -2.05. The van der Waals surface area contributed by atoms with Crippen LogP contribution in [0.1, 0.15) is 29.3 Å². The first-order chi connectivity index (χ1) is 15.1. The lowest BCUT2D eigenvalue weighted by Crippen LogP contribution is -2.32. The number of carboxylic acid groups (broad SMARTS) is 1. The molecule has 1 fully saturated rings. The Bertz CT molecular complexity index is 1050. The zero-order valence-corrected chi connectivity index (χ0v) is 17.5. The maximum atomic E-state index is 12.8. The minimum Gasteiger partial charge on any atom is -0.478 e. The summed E-state index contributed by atoms with van der Waals surface area (Å²) in [4.78, 5) is 41.6. The van der Waals surface area contributed by atoms with E-state index >= 15 is 0 Å². The van der Waals surface area contributed by atoms with Crippen molar-refractivity contribution in [1.29, 1.82) is 0 Å². The number of aromatic carboxylic acids is 1. The lowest BCUT2D eigenvalue weighted by atomic mass is 10.2. The Morgan fingerprint density at radius 1 is 1.16 bits per heavy atom. The second-order valence-corrected chi connectivity index (χ2v) is 7.91. The third-order valence-corrected chi connectivity index (χ3v) is 5.60. The van der Waals surface area contributed by atoms with Crippen molar-refractivity contribution in [3.63, 3.8) is 0 Å². The van der Waals surface area contributed by atoms with E-state index < -0.39 is 34.8 Å². The number of carbonyl (C=O) groups excluding carboxylic acids is 2. The van der Waals surface area contributed by atoms with Gasteiger partial charge in [0.1, 0.15) is 5.25 Å². The van der Waals surface area contributed by atoms with Crippen LogP contribution in [-0.2, 0) is 15.8 Å². The molecule has 32 heavy (non-hydrogen) atoms. The van der Waals surface area contributed by atoms with Crippen LogP contribution in [0.5, 0.6) is 0 Å². The Morgan fingerprint density at radius 3 is 2.31 bits per heavy atom. The lowest BCUT2D eigenvalue weighted by molar-refractivity contribution is -0.137. The van der Waals surface area contributed by atoms with Crippen LogP contribution in [0.25, 0.3) is 0 Å². The van der Waals surface area contributed by atoms with Crippen molar-refractivity contribution >= 4 is 46.1 Å². The molecule has 1 aliphatic rings. The molecule has 1 unspecified atom stereocenters. The number of carboxylic acids is 1. The van der Waals surface area contributed by atoms with Gasteiger partial charge < -0.3 is 10.4 Å². The normalized spacial score (nSPS) is 17.1. The number of imide groups is 1. The fourth-order valence-corrected chi connectivity index (χ4v) is 4.04. The lowest BCUT2D eigenvalue weighted by Gasteiger charge is -2.16. The Hall–Kier alpha value is -3.34. The van der Waals surface area contributed by atoms with E-state index in [1.54, 1.807) is 6.92 Å². The van der Waals surface area contributed by atoms with Crippen LogP contribution in [0.15, 0.2) is 53.5 Å². The van der Waals surface area contributed by atoms with E-state index in [1.165, 1.54) is 36.4 Å². The molecule has 1 heterocycles. The molecule has 2 N–H and O–H groups in total. The van der Waals surface area contributed by atoms with E-state index in [1.807, 2.05) is 0 Å². The number of nitrogens with zero attached hydrogens (tertiary/aromatic N) is 2. The smallest absolute Gasteiger partial charge is 0.416 e. The number of benzene rings is 2. The molecule has 2 aromatic carbocycles. The number of carbonyl (C=O) groups is 3. The number of halogens is 3. The summed E-state index contributed by atoms with van der Waals surface area (Å²) >= 11 is 1.01. The van der Waals surface area contributed by atoms with Crippen LogP contribution >= 0.6 is 11.8 Å². The van der Waals surface area contributed by atoms with Crippen LogP contribution in [0, 0.1) is 0 Å². The van der Waals surface area contributed by atoms with Gasteiger partial charge in [0.05, 0.1) is 22.5 Å². The Kier molecular flexibility index (Phi) is 6.87. The molecule has 0 aliphatic carbocycles. The zero-order chi connectivity index (χ0) is 23.5. The number of hydrogen-bond acceptors (Lipinski definition) is 5. The maximum absolute atomic E-state index is 12.8. The fourth-order valence-electron chi connectivity index (χ4n) is 2.96. The predicted molar refractivity (Wildman–Crippen MR) is 114 cm³/mol. The third kappa shape index (κ3) is 5.28. The number of amides is 2. The molecule has 0 spiro atoms. The Morgan fingerprint density at radius 2 is 1.78 bits per heavy atom. The van der Waals surface area contributed by atoms with E-state index in [0.717, 1.165) is 28.8 Å². The molecule has 7 nitrogen and oxygen atoms in total. The summed E-state index contributed by atoms with van der Waals surface area (Å²) in [6.07, 6.45) is -4.55. The summed E-state index contributed by atoms with van der Waals surface area (Å²) in [6, 6.07) is 9.64. The minimum atomic E-state index is -4.45. The van der Waals surface area contributed by atoms with Gasteiger partial charge in [-0.05, 0) is 55.5 Å². The van der Waals surface area contributed by atoms with Crippen LogP contribution in [0.2, 0.25) is 0 Å². The summed E-state index contributed by atoms with van der Waals surface area (Å²) in [5, 5.41) is 11.5. The average Bonchev–Trinajstić information content (AvgIpc) is 3.01. The number of amidine groups is 1. The number of anilines is 1. The molecule has 1 saturated heterocycles. The van der Waals surface area contributed by atoms with Gasteiger partial charge in [-0.25, -0.2) is 14.7 Å². The first-order valence-electron chi connectivity index (χ1n) is 9.46. The van der Waals surface area contributed by atoms with E-state index in [0.29, 0.717) is 11.7 Å². The number of thioether (sulfide) groups is 1. The van der Waals surface area contributed by atoms with Crippen LogP contribution in [0.4, 0.5) is 24.5 Å². The number of hydrogen-bond donors (Lipinski definition) is 2. The second kappa shape index (κ2) is 9.43. The SMILES string of the molecule is CCN/C(=N/c1ccc(C(F)(F)F)cc1)SC1CC(=O)N(c2ccc(C(=O)O)cc2)C1=O. The van der Waals surface area contributed by atoms with Gasteiger partial charge in [-0.2, -0.15) is 13.2 Å². The molecule has 0 bridgehead atoms. The zero-order valence-electron chi connectivity index (χ0n) is 16.7. The van der Waals surface area contributed by atoms with E-state index in [9.17, 15) is 27.6 Å². The number of alkyl halides is 3. The van der Waals surface area contributed by atoms with Crippen LogP contribution in [-0.4, -0.2) is 39.9 Å². The van der Waals surface area contributed by atoms with Crippen molar-refractivity contribution in [3.8, 4) is 0 Å². The molecule has 0 saturated carbocycles. The summed E-state index contributed by atoms with van der Waals surface area (Å²) in [6.45, 7) is 2.24. The molecule has 1 atom stereocenters. The van der Waals surface area contributed by atoms with Crippen molar-refractivity contribution in [3.05, 3.63) is 59.7 Å². The van der Waals surface area contributed by atoms with Crippen LogP contribution < -0.4 is 10.2 Å². The second-order valence-electron chi connectivity index (χ2n) is 6.72. The van der Waals surface area contributed by atoms with Gasteiger partial charge in [0.2, 0.25) is 11.8 Å². The summed E-state index contributed by atoms with van der Waals surface area (Å²) < 4.78 is 38.2. The van der Waals surface area contributed by atoms with E-state index in [-0.39, 0.29) is 23.4 Å². The maximum Gasteiger partial charge on any atom is 0.416 e. The van der Waals surface area contributed by atoms with Gasteiger partial charge in [-0.15, -0.1) is 0 Å². The molecule has 168 valence electrons. The highest BCUT2D eigenvalue weighted by Crippen LogP contribution is 2.32. The monoisotopic (exact) mass is 465 g/mol. The highest BCUT2D eigenvalue weighted by molar-refractivity contribution is 8.15. The molecule has 0 aromatic heterocycles. The van der Waals surface area contributed by atoms with Gasteiger partial charge in [0.25, 0.3) is 0 Å². The molecular weight excluding hydrogens is 447 g/mol. The topological polar surface area (TPSA) is 99.1 Å². The van der Waals surface area contributed by atoms with Crippen molar-refractivity contribution < 1.29 is 32.7 Å². The van der Waals surface area contributed by atoms with Gasteiger partial charge in [-0.1, -0.05) is 11.8 Å². The highest BCUT2D eigenvalue weighted by atomic mass is 32.2. The summed E-state index contributed by atoms with van der Waals surface area (Å²) in [7, 11) is 0. The largest absolute Gasteiger partial charge is 0.478 e. The summed E-state index contributed by atoms with van der Waals surface area (Å²) in [5.41, 5.74) is -0.246. The fraction of sp³-hybridized carbons (Fsp3) is 0.238. The van der Waals surface area contributed by atoms with E-state index in [4.69, 9.17) is 5.11 Å². The van der Waals surface area contributed by atoms with Crippen molar-refractivity contribution in [2.45, 2.75) is 24.8 Å². The van der Waals surface area contributed by atoms with Crippen molar-refractivity contribution in [2.75, 3.05) is 11.4 Å². The van der Waals surface area contributed by atoms with Crippen LogP contribution in [0.3, 0.4) is 0 Å². The number of rotatable bonds is 5. The quantitative estimate of drug-likeness (QED) is 0.393. The molecule has 11 heteroatoms. The highest BCUT2D eigenvalue weighted by Gasteiger charge is 2.40. The average molecular weight is 465 g/mol. The third-order valence-electron chi connectivity index (χ3n) is 4.48. The molecule has 2 amide bonds. The van der Waals surface area contributed by atoms with Gasteiger partial charge in [0.15, 0.2) is 5.17 Å². The molecule has 2 aromatic rings. The van der Waals surface area contributed by atoms with E-state index in [2.05, 4.69) is 10.3 Å². The van der Waals surface area contributed by atoms with Gasteiger partial charge in [-0.3, -0.25) is 9.59 Å². The van der Waals surface area contributed by atoms with Gasteiger partial charge in [0, 0.05) is 13.0 Å². The predicted octanol–water partition coefficient (Wildman–Crippen LogP) is 4.07. The number of nitrogens with one attached hydrogen (secondary N) is 1. The number of aliphatic imine (C=N–C) groups is 1. The first kappa shape index (κ1) is 23.3. The standard InChI is InChI=1S/C21H18F3N3O4S/c1-2-25-20(26-14-7-5-13(6-8-14)21(22,23)24)32-16-11-17(28)27(18(16)29)15-9-3-12(4-10-15)19(30)31/h3-10,16H,2,11H2,1H3,(H,25,26)(H,30,31). The van der Waals surface area contributed by atoms with Crippen molar-refractivity contribution in [2.24, 2.45) is 4.99 Å². The molecule has 1 aliphatic heterocycles. The first-order valence-corrected chi connectivity index (χ1v) is 10.3.